The zero-order valence-electron chi connectivity index (χ0n) is 14.8. The van der Waals surface area contributed by atoms with Crippen molar-refractivity contribution in [2.24, 2.45) is 5.10 Å². The number of carbonyl (C=O) groups is 1. The molecule has 0 saturated heterocycles. The smallest absolute Gasteiger partial charge is 0.244 e. The average Bonchev–Trinajstić information content (AvgIpc) is 3.03. The molecule has 0 radical (unpaired) electrons. The number of rotatable bonds is 7. The van der Waals surface area contributed by atoms with E-state index in [1.165, 1.54) is 18.0 Å². The lowest BCUT2D eigenvalue weighted by Crippen LogP contribution is -2.19. The Morgan fingerprint density at radius 3 is 2.82 bits per heavy atom. The van der Waals surface area contributed by atoms with Crippen LogP contribution in [0.1, 0.15) is 11.3 Å². The van der Waals surface area contributed by atoms with E-state index in [-0.39, 0.29) is 12.3 Å². The van der Waals surface area contributed by atoms with Gasteiger partial charge in [0.05, 0.1) is 24.2 Å². The highest BCUT2D eigenvalue weighted by Crippen LogP contribution is 2.35. The summed E-state index contributed by atoms with van der Waals surface area (Å²) in [6, 6.07) is 16.6. The molecule has 0 bridgehead atoms. The van der Waals surface area contributed by atoms with Crippen molar-refractivity contribution in [3.05, 3.63) is 75.4 Å². The summed E-state index contributed by atoms with van der Waals surface area (Å²) >= 11 is 10.8. The van der Waals surface area contributed by atoms with Gasteiger partial charge in [0.25, 0.3) is 0 Å². The minimum Gasteiger partial charge on any atom is -0.497 e. The van der Waals surface area contributed by atoms with Crippen molar-refractivity contribution in [1.29, 1.82) is 0 Å². The third-order valence-corrected chi connectivity index (χ3v) is 5.68. The number of methoxy groups -OCH3 is 1. The molecule has 1 amide bonds. The summed E-state index contributed by atoms with van der Waals surface area (Å²) in [6.07, 6.45) is 1.66. The van der Waals surface area contributed by atoms with Crippen LogP contribution in [0.5, 0.6) is 5.75 Å². The number of hydrogen-bond donors (Lipinski definition) is 1. The van der Waals surface area contributed by atoms with Crippen LogP contribution < -0.4 is 10.2 Å². The number of hydrazone groups is 1. The first-order chi connectivity index (χ1) is 13.5. The summed E-state index contributed by atoms with van der Waals surface area (Å²) in [6.45, 7) is 0. The van der Waals surface area contributed by atoms with Gasteiger partial charge in [-0.15, -0.1) is 0 Å². The van der Waals surface area contributed by atoms with Crippen molar-refractivity contribution in [2.45, 2.75) is 16.4 Å². The molecule has 8 heteroatoms. The molecule has 0 aliphatic carbocycles. The Morgan fingerprint density at radius 2 is 2.07 bits per heavy atom. The van der Waals surface area contributed by atoms with E-state index in [1.54, 1.807) is 13.2 Å². The van der Waals surface area contributed by atoms with Crippen LogP contribution >= 0.6 is 39.3 Å². The highest BCUT2D eigenvalue weighted by atomic mass is 79.9. The third kappa shape index (κ3) is 5.89. The van der Waals surface area contributed by atoms with E-state index in [4.69, 9.17) is 20.8 Å². The number of furan rings is 1. The minimum atomic E-state index is -0.231. The maximum absolute atomic E-state index is 12.0. The van der Waals surface area contributed by atoms with Crippen LogP contribution in [0, 0.1) is 0 Å². The number of benzene rings is 2. The van der Waals surface area contributed by atoms with E-state index >= 15 is 0 Å². The number of carbonyl (C=O) groups excluding carboxylic acids is 1. The molecule has 0 atom stereocenters. The van der Waals surface area contributed by atoms with E-state index in [1.807, 2.05) is 48.5 Å². The van der Waals surface area contributed by atoms with Gasteiger partial charge in [0.2, 0.25) is 5.91 Å². The van der Waals surface area contributed by atoms with Crippen LogP contribution in [0.3, 0.4) is 0 Å². The number of nitrogens with zero attached hydrogens (tertiary/aromatic N) is 1. The van der Waals surface area contributed by atoms with Crippen molar-refractivity contribution in [2.75, 3.05) is 7.11 Å². The Labute approximate surface area is 180 Å². The highest BCUT2D eigenvalue weighted by Gasteiger charge is 2.10. The summed E-state index contributed by atoms with van der Waals surface area (Å²) < 4.78 is 11.7. The molecule has 1 N–H and O–H groups in total. The van der Waals surface area contributed by atoms with Gasteiger partial charge in [0.1, 0.15) is 11.5 Å². The maximum atomic E-state index is 12.0. The topological polar surface area (TPSA) is 63.8 Å². The predicted molar refractivity (Wildman–Crippen MR) is 114 cm³/mol. The average molecular weight is 480 g/mol. The zero-order valence-corrected chi connectivity index (χ0v) is 18.0. The summed E-state index contributed by atoms with van der Waals surface area (Å²) in [5.41, 5.74) is 3.34. The Balaban J connectivity index is 1.56. The predicted octanol–water partition coefficient (Wildman–Crippen LogP) is 5.55. The van der Waals surface area contributed by atoms with Gasteiger partial charge in [-0.25, -0.2) is 5.43 Å². The first-order valence-corrected chi connectivity index (χ1v) is 10.2. The molecule has 0 saturated carbocycles. The number of nitrogens with one attached hydrogen (secondary N) is 1. The lowest BCUT2D eigenvalue weighted by atomic mass is 10.1. The van der Waals surface area contributed by atoms with Crippen molar-refractivity contribution in [3.8, 4) is 5.75 Å². The lowest BCUT2D eigenvalue weighted by Gasteiger charge is -2.03. The van der Waals surface area contributed by atoms with E-state index in [0.717, 1.165) is 14.9 Å². The van der Waals surface area contributed by atoms with E-state index in [0.29, 0.717) is 21.6 Å². The molecule has 0 spiro atoms. The first-order valence-electron chi connectivity index (χ1n) is 8.21. The van der Waals surface area contributed by atoms with Crippen LogP contribution in [0.15, 0.2) is 78.6 Å². The molecule has 1 aromatic heterocycles. The van der Waals surface area contributed by atoms with Gasteiger partial charge in [0, 0.05) is 16.0 Å². The number of amides is 1. The van der Waals surface area contributed by atoms with Crippen LogP contribution in [0.4, 0.5) is 0 Å². The monoisotopic (exact) mass is 478 g/mol. The molecular formula is C20H16BrClN2O3S. The lowest BCUT2D eigenvalue weighted by molar-refractivity contribution is -0.120. The molecule has 144 valence electrons. The molecular weight excluding hydrogens is 464 g/mol. The standard InChI is InChI=1S/C20H16BrClN2O3S/c1-26-15-4-2-3-13(9-15)10-19(25)24-23-12-16-11-18(21)20(27-16)28-17-7-5-14(22)6-8-17/h2-9,11-12H,10H2,1H3,(H,24,25)/b23-12+. The quantitative estimate of drug-likeness (QED) is 0.356. The minimum absolute atomic E-state index is 0.202. The number of halogens is 2. The molecule has 5 nitrogen and oxygen atoms in total. The Kier molecular flexibility index (Phi) is 7.19. The van der Waals surface area contributed by atoms with E-state index in [9.17, 15) is 4.79 Å². The molecule has 3 rings (SSSR count). The molecule has 0 aliphatic rings. The molecule has 28 heavy (non-hydrogen) atoms. The van der Waals surface area contributed by atoms with Crippen LogP contribution in [0.2, 0.25) is 5.02 Å². The Bertz CT molecular complexity index is 989. The number of ether oxygens (including phenoxy) is 1. The molecule has 2 aromatic carbocycles. The fraction of sp³-hybridized carbons (Fsp3) is 0.100. The SMILES string of the molecule is COc1cccc(CC(=O)N/N=C/c2cc(Br)c(Sc3ccc(Cl)cc3)o2)c1. The van der Waals surface area contributed by atoms with E-state index < -0.39 is 0 Å². The molecule has 0 unspecified atom stereocenters. The molecule has 3 aromatic rings. The summed E-state index contributed by atoms with van der Waals surface area (Å²) in [5.74, 6) is 0.996. The van der Waals surface area contributed by atoms with Gasteiger partial charge in [0.15, 0.2) is 5.09 Å². The van der Waals surface area contributed by atoms with Crippen LogP contribution in [0.25, 0.3) is 0 Å². The van der Waals surface area contributed by atoms with Crippen LogP contribution in [-0.4, -0.2) is 19.2 Å². The fourth-order valence-corrected chi connectivity index (χ4v) is 3.74. The van der Waals surface area contributed by atoms with E-state index in [2.05, 4.69) is 26.5 Å². The summed E-state index contributed by atoms with van der Waals surface area (Å²) in [4.78, 5) is 13.0. The fourth-order valence-electron chi connectivity index (χ4n) is 2.29. The molecule has 1 heterocycles. The second kappa shape index (κ2) is 9.82. The number of hydrogen-bond acceptors (Lipinski definition) is 5. The van der Waals surface area contributed by atoms with Crippen LogP contribution in [-0.2, 0) is 11.2 Å². The van der Waals surface area contributed by atoms with Gasteiger partial charge in [-0.2, -0.15) is 5.10 Å². The largest absolute Gasteiger partial charge is 0.497 e. The van der Waals surface area contributed by atoms with Gasteiger partial charge in [-0.05, 0) is 57.9 Å². The molecule has 0 fully saturated rings. The molecule has 0 aliphatic heterocycles. The zero-order chi connectivity index (χ0) is 19.9. The second-order valence-electron chi connectivity index (χ2n) is 5.66. The maximum Gasteiger partial charge on any atom is 0.244 e. The first kappa shape index (κ1) is 20.5. The summed E-state index contributed by atoms with van der Waals surface area (Å²) in [5, 5.41) is 5.32. The summed E-state index contributed by atoms with van der Waals surface area (Å²) in [7, 11) is 1.59. The Morgan fingerprint density at radius 1 is 1.29 bits per heavy atom. The van der Waals surface area contributed by atoms with Gasteiger partial charge >= 0.3 is 0 Å². The van der Waals surface area contributed by atoms with Gasteiger partial charge < -0.3 is 9.15 Å². The van der Waals surface area contributed by atoms with Crippen molar-refractivity contribution in [1.82, 2.24) is 5.43 Å². The third-order valence-electron chi connectivity index (χ3n) is 3.58. The second-order valence-corrected chi connectivity index (χ2v) is 8.00. The van der Waals surface area contributed by atoms with Crippen molar-refractivity contribution >= 4 is 51.4 Å². The van der Waals surface area contributed by atoms with Crippen molar-refractivity contribution < 1.29 is 13.9 Å². The normalized spacial score (nSPS) is 11.0. The Hall–Kier alpha value is -2.22. The van der Waals surface area contributed by atoms with Crippen molar-refractivity contribution in [3.63, 3.8) is 0 Å². The highest BCUT2D eigenvalue weighted by molar-refractivity contribution is 9.10. The van der Waals surface area contributed by atoms with Gasteiger partial charge in [-0.3, -0.25) is 4.79 Å². The van der Waals surface area contributed by atoms with Gasteiger partial charge in [-0.1, -0.05) is 35.5 Å².